The van der Waals surface area contributed by atoms with E-state index >= 15 is 0 Å². The predicted molar refractivity (Wildman–Crippen MR) is 78.4 cm³/mol. The molecule has 0 saturated heterocycles. The predicted octanol–water partition coefficient (Wildman–Crippen LogP) is 3.46. The smallest absolute Gasteiger partial charge is 0.265 e. The average molecular weight is 329 g/mol. The average Bonchev–Trinajstić information content (AvgIpc) is 3.23. The molecule has 19 heavy (non-hydrogen) atoms. The van der Waals surface area contributed by atoms with Gasteiger partial charge in [0.05, 0.1) is 5.69 Å². The Kier molecular flexibility index (Phi) is 4.46. The van der Waals surface area contributed by atoms with Crippen LogP contribution >= 0.6 is 15.9 Å². The Morgan fingerprint density at radius 2 is 2.00 bits per heavy atom. The Morgan fingerprint density at radius 1 is 1.37 bits per heavy atom. The Bertz CT molecular complexity index is 505. The van der Waals surface area contributed by atoms with Gasteiger partial charge in [-0.3, -0.25) is 4.79 Å². The number of halogens is 1. The molecule has 1 aliphatic rings. The first-order chi connectivity index (χ1) is 9.07. The second kappa shape index (κ2) is 5.75. The van der Waals surface area contributed by atoms with Crippen molar-refractivity contribution in [3.05, 3.63) is 26.3 Å². The molecule has 1 aliphatic carbocycles. The van der Waals surface area contributed by atoms with Crippen LogP contribution in [-0.2, 0) is 10.3 Å². The molecule has 0 amide bonds. The van der Waals surface area contributed by atoms with Crippen molar-refractivity contribution in [3.63, 3.8) is 0 Å². The maximum atomic E-state index is 12.1. The third kappa shape index (κ3) is 2.77. The second-order valence-electron chi connectivity index (χ2n) is 5.02. The summed E-state index contributed by atoms with van der Waals surface area (Å²) in [5, 5.41) is 0. The first-order valence-electron chi connectivity index (χ1n) is 7.02. The number of nitrogens with zero attached hydrogens (tertiary/aromatic N) is 1. The fraction of sp³-hybridized carbons (Fsp3) is 0.714. The quantitative estimate of drug-likeness (QED) is 0.869. The second-order valence-corrected chi connectivity index (χ2v) is 5.82. The van der Waals surface area contributed by atoms with Crippen LogP contribution in [0.4, 0.5) is 0 Å². The van der Waals surface area contributed by atoms with E-state index in [2.05, 4.69) is 34.8 Å². The lowest BCUT2D eigenvalue weighted by atomic mass is 9.95. The van der Waals surface area contributed by atoms with Gasteiger partial charge in [-0.1, -0.05) is 13.8 Å². The minimum atomic E-state index is -0.474. The Hall–Kier alpha value is -0.680. The van der Waals surface area contributed by atoms with E-state index in [1.807, 2.05) is 6.92 Å². The maximum Gasteiger partial charge on any atom is 0.265 e. The zero-order valence-corrected chi connectivity index (χ0v) is 13.3. The highest BCUT2D eigenvalue weighted by Crippen LogP contribution is 2.42. The molecule has 1 N–H and O–H groups in total. The van der Waals surface area contributed by atoms with Gasteiger partial charge < -0.3 is 9.72 Å². The minimum absolute atomic E-state index is 0.0992. The molecular formula is C14H21BrN2O2. The topological polar surface area (TPSA) is 55.0 Å². The van der Waals surface area contributed by atoms with Gasteiger partial charge in [0.1, 0.15) is 15.9 Å². The summed E-state index contributed by atoms with van der Waals surface area (Å²) >= 11 is 3.36. The van der Waals surface area contributed by atoms with Crippen LogP contribution in [0.2, 0.25) is 0 Å². The third-order valence-corrected chi connectivity index (χ3v) is 4.61. The van der Waals surface area contributed by atoms with E-state index in [1.165, 1.54) is 0 Å². The van der Waals surface area contributed by atoms with Crippen molar-refractivity contribution in [3.8, 4) is 0 Å². The van der Waals surface area contributed by atoms with Gasteiger partial charge >= 0.3 is 0 Å². The van der Waals surface area contributed by atoms with Crippen LogP contribution in [0.25, 0.3) is 0 Å². The summed E-state index contributed by atoms with van der Waals surface area (Å²) in [4.78, 5) is 19.7. The number of aromatic amines is 1. The molecule has 1 heterocycles. The van der Waals surface area contributed by atoms with Crippen LogP contribution < -0.4 is 5.56 Å². The van der Waals surface area contributed by atoms with Crippen LogP contribution in [0.5, 0.6) is 0 Å². The SMILES string of the molecule is CCOC(CC)(CC)c1nc(C2CC2)c(Br)c(=O)[nH]1. The highest BCUT2D eigenvalue weighted by Gasteiger charge is 2.35. The van der Waals surface area contributed by atoms with E-state index < -0.39 is 5.60 Å². The lowest BCUT2D eigenvalue weighted by molar-refractivity contribution is -0.0574. The molecule has 1 fully saturated rings. The zero-order valence-electron chi connectivity index (χ0n) is 11.8. The standard InChI is InChI=1S/C14H21BrN2O2/c1-4-14(5-2,19-6-3)13-16-11(9-7-8-9)10(15)12(18)17-13/h9H,4-8H2,1-3H3,(H,16,17,18). The lowest BCUT2D eigenvalue weighted by Gasteiger charge is -2.30. The summed E-state index contributed by atoms with van der Waals surface area (Å²) in [5.41, 5.74) is 0.320. The van der Waals surface area contributed by atoms with Gasteiger partial charge in [0.25, 0.3) is 5.56 Å². The molecule has 0 aliphatic heterocycles. The summed E-state index contributed by atoms with van der Waals surface area (Å²) in [7, 11) is 0. The molecule has 1 saturated carbocycles. The van der Waals surface area contributed by atoms with Crippen molar-refractivity contribution in [2.24, 2.45) is 0 Å². The van der Waals surface area contributed by atoms with Crippen LogP contribution in [0.1, 0.15) is 63.9 Å². The number of aromatic nitrogens is 2. The van der Waals surface area contributed by atoms with Crippen molar-refractivity contribution in [1.82, 2.24) is 9.97 Å². The largest absolute Gasteiger partial charge is 0.367 e. The molecule has 2 rings (SSSR count). The summed E-state index contributed by atoms with van der Waals surface area (Å²) in [6, 6.07) is 0. The summed E-state index contributed by atoms with van der Waals surface area (Å²) in [5.74, 6) is 1.11. The van der Waals surface area contributed by atoms with Crippen molar-refractivity contribution in [2.75, 3.05) is 6.61 Å². The number of rotatable bonds is 6. The number of nitrogens with one attached hydrogen (secondary N) is 1. The molecule has 5 heteroatoms. The van der Waals surface area contributed by atoms with E-state index in [4.69, 9.17) is 9.72 Å². The number of ether oxygens (including phenoxy) is 1. The molecule has 0 unspecified atom stereocenters. The first kappa shape index (κ1) is 14.7. The van der Waals surface area contributed by atoms with Gasteiger partial charge in [-0.2, -0.15) is 0 Å². The Morgan fingerprint density at radius 3 is 2.47 bits per heavy atom. The number of hydrogen-bond acceptors (Lipinski definition) is 3. The van der Waals surface area contributed by atoms with E-state index in [-0.39, 0.29) is 5.56 Å². The summed E-state index contributed by atoms with van der Waals surface area (Å²) in [6.07, 6.45) is 3.83. The molecule has 0 atom stereocenters. The number of H-pyrrole nitrogens is 1. The van der Waals surface area contributed by atoms with Crippen molar-refractivity contribution < 1.29 is 4.74 Å². The fourth-order valence-electron chi connectivity index (χ4n) is 2.45. The maximum absolute atomic E-state index is 12.1. The molecule has 106 valence electrons. The fourth-order valence-corrected chi connectivity index (χ4v) is 2.96. The monoisotopic (exact) mass is 328 g/mol. The van der Waals surface area contributed by atoms with Gasteiger partial charge in [-0.15, -0.1) is 0 Å². The third-order valence-electron chi connectivity index (χ3n) is 3.85. The van der Waals surface area contributed by atoms with Crippen LogP contribution in [0.3, 0.4) is 0 Å². The van der Waals surface area contributed by atoms with Crippen molar-refractivity contribution >= 4 is 15.9 Å². The van der Waals surface area contributed by atoms with E-state index in [0.717, 1.165) is 31.4 Å². The zero-order chi connectivity index (χ0) is 14.0. The van der Waals surface area contributed by atoms with Gasteiger partial charge in [-0.25, -0.2) is 4.98 Å². The van der Waals surface area contributed by atoms with Crippen molar-refractivity contribution in [2.45, 2.75) is 58.0 Å². The van der Waals surface area contributed by atoms with E-state index in [1.54, 1.807) is 0 Å². The van der Waals surface area contributed by atoms with Gasteiger partial charge in [-0.05, 0) is 48.5 Å². The van der Waals surface area contributed by atoms with Gasteiger partial charge in [0, 0.05) is 12.5 Å². The minimum Gasteiger partial charge on any atom is -0.367 e. The van der Waals surface area contributed by atoms with Gasteiger partial charge in [0.2, 0.25) is 0 Å². The highest BCUT2D eigenvalue weighted by molar-refractivity contribution is 9.10. The normalized spacial score (nSPS) is 15.8. The molecule has 0 aromatic carbocycles. The molecule has 1 aromatic rings. The summed E-state index contributed by atoms with van der Waals surface area (Å²) in [6.45, 7) is 6.72. The van der Waals surface area contributed by atoms with Crippen LogP contribution in [-0.4, -0.2) is 16.6 Å². The van der Waals surface area contributed by atoms with Crippen LogP contribution in [0.15, 0.2) is 9.27 Å². The molecule has 1 aromatic heterocycles. The lowest BCUT2D eigenvalue weighted by Crippen LogP contribution is -2.34. The number of hydrogen-bond donors (Lipinski definition) is 1. The van der Waals surface area contributed by atoms with E-state index in [0.29, 0.717) is 22.8 Å². The molecule has 0 bridgehead atoms. The molecule has 4 nitrogen and oxygen atoms in total. The van der Waals surface area contributed by atoms with E-state index in [9.17, 15) is 4.79 Å². The highest BCUT2D eigenvalue weighted by atomic mass is 79.9. The van der Waals surface area contributed by atoms with Crippen LogP contribution in [0, 0.1) is 0 Å². The summed E-state index contributed by atoms with van der Waals surface area (Å²) < 4.78 is 6.50. The van der Waals surface area contributed by atoms with Crippen molar-refractivity contribution in [1.29, 1.82) is 0 Å². The Balaban J connectivity index is 2.51. The Labute approximate surface area is 122 Å². The first-order valence-corrected chi connectivity index (χ1v) is 7.81. The van der Waals surface area contributed by atoms with Gasteiger partial charge in [0.15, 0.2) is 0 Å². The molecule has 0 radical (unpaired) electrons. The molecule has 0 spiro atoms. The molecular weight excluding hydrogens is 308 g/mol.